The second-order valence-corrected chi connectivity index (χ2v) is 6.26. The molecule has 0 heterocycles. The summed E-state index contributed by atoms with van der Waals surface area (Å²) < 4.78 is 37.8. The third-order valence-corrected chi connectivity index (χ3v) is 4.56. The Balaban J connectivity index is 2.90. The molecule has 5 heteroatoms. The first-order chi connectivity index (χ1) is 8.51. The van der Waals surface area contributed by atoms with Crippen LogP contribution < -0.4 is 5.32 Å². The van der Waals surface area contributed by atoms with Gasteiger partial charge < -0.3 is 5.32 Å². The van der Waals surface area contributed by atoms with Crippen LogP contribution in [0.2, 0.25) is 0 Å². The molecule has 0 aliphatic heterocycles. The number of hydrogen-bond acceptors (Lipinski definition) is 3. The van der Waals surface area contributed by atoms with Crippen LogP contribution in [0.25, 0.3) is 0 Å². The lowest BCUT2D eigenvalue weighted by molar-refractivity contribution is 0.509. The Labute approximate surface area is 108 Å². The summed E-state index contributed by atoms with van der Waals surface area (Å²) in [4.78, 5) is -0.205. The summed E-state index contributed by atoms with van der Waals surface area (Å²) in [5, 5.41) is 3.13. The zero-order valence-corrected chi connectivity index (χ0v) is 11.6. The van der Waals surface area contributed by atoms with Crippen LogP contribution in [0.3, 0.4) is 0 Å². The third kappa shape index (κ3) is 4.07. The fourth-order valence-electron chi connectivity index (χ4n) is 1.93. The summed E-state index contributed by atoms with van der Waals surface area (Å²) in [6, 6.07) is 5.40. The average molecular weight is 273 g/mol. The third-order valence-electron chi connectivity index (χ3n) is 2.72. The van der Waals surface area contributed by atoms with E-state index in [1.54, 1.807) is 0 Å². The van der Waals surface area contributed by atoms with E-state index >= 15 is 0 Å². The number of halogens is 1. The highest BCUT2D eigenvalue weighted by Crippen LogP contribution is 2.17. The van der Waals surface area contributed by atoms with Crippen LogP contribution in [0, 0.1) is 5.82 Å². The Kier molecular flexibility index (Phi) is 5.75. The normalized spacial score (nSPS) is 13.5. The van der Waals surface area contributed by atoms with Gasteiger partial charge in [0.1, 0.15) is 10.7 Å². The molecule has 1 rings (SSSR count). The minimum absolute atomic E-state index is 0.0599. The van der Waals surface area contributed by atoms with Gasteiger partial charge in [-0.15, -0.1) is 0 Å². The Hall–Kier alpha value is -0.940. The van der Waals surface area contributed by atoms with E-state index in [1.165, 1.54) is 24.3 Å². The highest BCUT2D eigenvalue weighted by atomic mass is 32.2. The lowest BCUT2D eigenvalue weighted by atomic mass is 10.2. The maximum atomic E-state index is 13.5. The molecule has 0 spiro atoms. The maximum Gasteiger partial charge on any atom is 0.182 e. The van der Waals surface area contributed by atoms with Crippen LogP contribution in [-0.4, -0.2) is 26.8 Å². The van der Waals surface area contributed by atoms with Crippen molar-refractivity contribution in [1.29, 1.82) is 0 Å². The lowest BCUT2D eigenvalue weighted by Gasteiger charge is -2.17. The first kappa shape index (κ1) is 15.1. The van der Waals surface area contributed by atoms with Crippen molar-refractivity contribution in [3.63, 3.8) is 0 Å². The molecule has 1 aromatic rings. The molecule has 0 bridgehead atoms. The summed E-state index contributed by atoms with van der Waals surface area (Å²) in [6.45, 7) is 4.63. The molecule has 1 N–H and O–H groups in total. The number of rotatable bonds is 7. The first-order valence-corrected chi connectivity index (χ1v) is 7.87. The fraction of sp³-hybridized carbons (Fsp3) is 0.538. The van der Waals surface area contributed by atoms with E-state index < -0.39 is 15.7 Å². The number of benzene rings is 1. The van der Waals surface area contributed by atoms with Crippen molar-refractivity contribution < 1.29 is 12.8 Å². The molecule has 0 aliphatic carbocycles. The van der Waals surface area contributed by atoms with Crippen molar-refractivity contribution in [3.05, 3.63) is 30.1 Å². The molecule has 0 aliphatic rings. The topological polar surface area (TPSA) is 46.2 Å². The minimum atomic E-state index is -3.57. The number of nitrogens with one attached hydrogen (secondary N) is 1. The van der Waals surface area contributed by atoms with E-state index in [2.05, 4.69) is 5.32 Å². The maximum absolute atomic E-state index is 13.5. The predicted octanol–water partition coefficient (Wildman–Crippen LogP) is 2.38. The van der Waals surface area contributed by atoms with Gasteiger partial charge in [-0.25, -0.2) is 12.8 Å². The van der Waals surface area contributed by atoms with E-state index in [4.69, 9.17) is 0 Å². The quantitative estimate of drug-likeness (QED) is 0.829. The molecule has 0 fully saturated rings. The van der Waals surface area contributed by atoms with Crippen LogP contribution in [0.15, 0.2) is 29.2 Å². The van der Waals surface area contributed by atoms with Gasteiger partial charge in [0, 0.05) is 6.04 Å². The zero-order valence-electron chi connectivity index (χ0n) is 10.8. The van der Waals surface area contributed by atoms with Gasteiger partial charge >= 0.3 is 0 Å². The van der Waals surface area contributed by atoms with E-state index in [-0.39, 0.29) is 16.7 Å². The summed E-state index contributed by atoms with van der Waals surface area (Å²) in [5.41, 5.74) is 0. The van der Waals surface area contributed by atoms with Gasteiger partial charge in [-0.1, -0.05) is 32.4 Å². The van der Waals surface area contributed by atoms with Crippen LogP contribution in [0.5, 0.6) is 0 Å². The Bertz CT molecular complexity index is 468. The van der Waals surface area contributed by atoms with Gasteiger partial charge in [0.25, 0.3) is 0 Å². The first-order valence-electron chi connectivity index (χ1n) is 6.22. The second kappa shape index (κ2) is 6.85. The summed E-state index contributed by atoms with van der Waals surface area (Å²) in [6.07, 6.45) is 1.66. The molecule has 0 radical (unpaired) electrons. The van der Waals surface area contributed by atoms with Gasteiger partial charge in [-0.3, -0.25) is 0 Å². The van der Waals surface area contributed by atoms with Crippen molar-refractivity contribution in [2.24, 2.45) is 0 Å². The summed E-state index contributed by atoms with van der Waals surface area (Å²) in [7, 11) is -3.57. The minimum Gasteiger partial charge on any atom is -0.313 e. The molecule has 1 aromatic carbocycles. The van der Waals surface area contributed by atoms with Crippen molar-refractivity contribution in [2.45, 2.75) is 37.6 Å². The van der Waals surface area contributed by atoms with Crippen molar-refractivity contribution >= 4 is 9.84 Å². The molecule has 0 amide bonds. The van der Waals surface area contributed by atoms with Crippen LogP contribution in [-0.2, 0) is 9.84 Å². The van der Waals surface area contributed by atoms with Gasteiger partial charge in [0.15, 0.2) is 9.84 Å². The van der Waals surface area contributed by atoms with E-state index in [9.17, 15) is 12.8 Å². The number of hydrogen-bond donors (Lipinski definition) is 1. The van der Waals surface area contributed by atoms with Crippen molar-refractivity contribution in [2.75, 3.05) is 12.3 Å². The lowest BCUT2D eigenvalue weighted by Crippen LogP contribution is -2.35. The summed E-state index contributed by atoms with van der Waals surface area (Å²) in [5.74, 6) is -0.737. The van der Waals surface area contributed by atoms with E-state index in [0.29, 0.717) is 6.54 Å². The molecule has 1 unspecified atom stereocenters. The Morgan fingerprint density at radius 1 is 1.28 bits per heavy atom. The standard InChI is InChI=1S/C13H20FNO2S/c1-3-7-11(15-4-2)10-18(16,17)13-9-6-5-8-12(13)14/h5-6,8-9,11,15H,3-4,7,10H2,1-2H3. The van der Waals surface area contributed by atoms with Gasteiger partial charge in [-0.05, 0) is 25.1 Å². The molecule has 1 atom stereocenters. The molecule has 102 valence electrons. The largest absolute Gasteiger partial charge is 0.313 e. The molecule has 0 saturated carbocycles. The van der Waals surface area contributed by atoms with Gasteiger partial charge in [0.2, 0.25) is 0 Å². The van der Waals surface area contributed by atoms with E-state index in [1.807, 2.05) is 13.8 Å². The average Bonchev–Trinajstić information content (AvgIpc) is 2.29. The molecular weight excluding hydrogens is 253 g/mol. The van der Waals surface area contributed by atoms with Crippen LogP contribution in [0.4, 0.5) is 4.39 Å². The smallest absolute Gasteiger partial charge is 0.182 e. The van der Waals surface area contributed by atoms with Gasteiger partial charge in [-0.2, -0.15) is 0 Å². The molecule has 3 nitrogen and oxygen atoms in total. The Morgan fingerprint density at radius 3 is 2.50 bits per heavy atom. The summed E-state index contributed by atoms with van der Waals surface area (Å²) >= 11 is 0. The van der Waals surface area contributed by atoms with Crippen LogP contribution in [0.1, 0.15) is 26.7 Å². The molecule has 0 saturated heterocycles. The van der Waals surface area contributed by atoms with Gasteiger partial charge in [0.05, 0.1) is 5.75 Å². The molecular formula is C13H20FNO2S. The van der Waals surface area contributed by atoms with Crippen LogP contribution >= 0.6 is 0 Å². The monoisotopic (exact) mass is 273 g/mol. The Morgan fingerprint density at radius 2 is 1.94 bits per heavy atom. The zero-order chi connectivity index (χ0) is 13.6. The number of sulfone groups is 1. The predicted molar refractivity (Wildman–Crippen MR) is 70.8 cm³/mol. The molecule has 0 aromatic heterocycles. The highest BCUT2D eigenvalue weighted by Gasteiger charge is 2.22. The van der Waals surface area contributed by atoms with E-state index in [0.717, 1.165) is 12.8 Å². The van der Waals surface area contributed by atoms with Crippen molar-refractivity contribution in [1.82, 2.24) is 5.32 Å². The fourth-order valence-corrected chi connectivity index (χ4v) is 3.58. The van der Waals surface area contributed by atoms with Crippen molar-refractivity contribution in [3.8, 4) is 0 Å². The second-order valence-electron chi connectivity index (χ2n) is 4.26. The highest BCUT2D eigenvalue weighted by molar-refractivity contribution is 7.91. The SMILES string of the molecule is CCCC(CS(=O)(=O)c1ccccc1F)NCC. The molecule has 18 heavy (non-hydrogen) atoms.